The number of amides is 4. The first-order valence-electron chi connectivity index (χ1n) is 26.2. The summed E-state index contributed by atoms with van der Waals surface area (Å²) in [6.45, 7) is 30.3. The molecule has 0 aromatic rings. The molecule has 3 saturated carbocycles. The first-order chi connectivity index (χ1) is 31.1. The van der Waals surface area contributed by atoms with Crippen LogP contribution in [0, 0.1) is 46.3 Å². The molecule has 4 rings (SSSR count). The first kappa shape index (κ1) is 56.1. The van der Waals surface area contributed by atoms with Gasteiger partial charge in [0.1, 0.15) is 22.9 Å². The Bertz CT molecular complexity index is 1690. The van der Waals surface area contributed by atoms with Crippen LogP contribution in [0.4, 0.5) is 14.4 Å². The zero-order chi connectivity index (χ0) is 50.0. The monoisotopic (exact) mass is 943 g/mol. The van der Waals surface area contributed by atoms with E-state index >= 15 is 0 Å². The van der Waals surface area contributed by atoms with Gasteiger partial charge in [-0.15, -0.1) is 0 Å². The second-order valence-corrected chi connectivity index (χ2v) is 24.6. The maximum absolute atomic E-state index is 14.0. The van der Waals surface area contributed by atoms with E-state index in [2.05, 4.69) is 51.3 Å². The van der Waals surface area contributed by atoms with Gasteiger partial charge in [-0.2, -0.15) is 0 Å². The van der Waals surface area contributed by atoms with Gasteiger partial charge in [0, 0.05) is 45.7 Å². The Balaban J connectivity index is 1.36. The number of fused-ring (bicyclic) bond motifs is 5. The number of allylic oxidation sites excluding steroid dienone is 1. The highest BCUT2D eigenvalue weighted by Crippen LogP contribution is 2.67. The fraction of sp³-hybridized carbons (Fsp3) is 0.870. The van der Waals surface area contributed by atoms with Gasteiger partial charge < -0.3 is 39.4 Å². The molecule has 0 heterocycles. The van der Waals surface area contributed by atoms with Crippen molar-refractivity contribution in [3.63, 3.8) is 0 Å². The predicted molar refractivity (Wildman–Crippen MR) is 264 cm³/mol. The fourth-order valence-electron chi connectivity index (χ4n) is 12.2. The van der Waals surface area contributed by atoms with Crippen molar-refractivity contribution in [2.45, 2.75) is 216 Å². The summed E-state index contributed by atoms with van der Waals surface area (Å²) in [5.41, 5.74) is -0.0442. The molecule has 0 spiro atoms. The van der Waals surface area contributed by atoms with Gasteiger partial charge >= 0.3 is 30.2 Å². The summed E-state index contributed by atoms with van der Waals surface area (Å²) in [5.74, 6) is 2.94. The molecule has 0 aromatic heterocycles. The molecule has 4 amide bonds. The second-order valence-electron chi connectivity index (χ2n) is 24.6. The van der Waals surface area contributed by atoms with Gasteiger partial charge in [0.2, 0.25) is 0 Å². The molecule has 4 aliphatic carbocycles. The number of carbonyl (C=O) groups is 5. The lowest BCUT2D eigenvalue weighted by Crippen LogP contribution is -2.51. The molecule has 8 atom stereocenters. The summed E-state index contributed by atoms with van der Waals surface area (Å²) in [7, 11) is 0. The highest BCUT2D eigenvalue weighted by Gasteiger charge is 2.59. The van der Waals surface area contributed by atoms with E-state index in [-0.39, 0.29) is 31.2 Å². The van der Waals surface area contributed by atoms with E-state index < -0.39 is 47.0 Å². The van der Waals surface area contributed by atoms with Gasteiger partial charge in [-0.25, -0.2) is 19.2 Å². The van der Waals surface area contributed by atoms with E-state index in [1.165, 1.54) is 55.4 Å². The van der Waals surface area contributed by atoms with Crippen LogP contribution in [0.2, 0.25) is 0 Å². The van der Waals surface area contributed by atoms with E-state index in [4.69, 9.17) is 18.9 Å². The molecule has 0 radical (unpaired) electrons. The van der Waals surface area contributed by atoms with Crippen molar-refractivity contribution >= 4 is 30.2 Å². The van der Waals surface area contributed by atoms with Crippen molar-refractivity contribution in [3.8, 4) is 0 Å². The molecule has 2 N–H and O–H groups in total. The predicted octanol–water partition coefficient (Wildman–Crippen LogP) is 11.6. The number of hydrogen-bond donors (Lipinski definition) is 2. The lowest BCUT2D eigenvalue weighted by Gasteiger charge is -2.58. The van der Waals surface area contributed by atoms with Crippen LogP contribution in [0.1, 0.15) is 193 Å². The Hall–Kier alpha value is -3.51. The summed E-state index contributed by atoms with van der Waals surface area (Å²) in [5, 5.41) is 5.49. The van der Waals surface area contributed by atoms with Crippen LogP contribution in [0.5, 0.6) is 0 Å². The van der Waals surface area contributed by atoms with Crippen molar-refractivity contribution in [1.82, 2.24) is 20.4 Å². The van der Waals surface area contributed by atoms with Gasteiger partial charge in [0.05, 0.1) is 0 Å². The topological polar surface area (TPSA) is 153 Å². The SMILES string of the molecule is CC(C)CCC[C@@H](C)C1CCC2[C@@H]3CC=C4C[C@@H](OC(=O)C(=O)N(CCCCN(CCCNC(=O)OC(C)(C)C)C(=O)OC(C)(C)C)CCCNC(=O)OC(C)(C)C)CC[C@]4(C)C3CC[C@@]21C. The number of carbonyl (C=O) groups excluding carboxylic acids is 5. The van der Waals surface area contributed by atoms with Crippen LogP contribution in [0.15, 0.2) is 11.6 Å². The number of alkyl carbamates (subject to hydrolysis) is 2. The van der Waals surface area contributed by atoms with E-state index in [0.29, 0.717) is 69.0 Å². The summed E-state index contributed by atoms with van der Waals surface area (Å²) in [6.07, 6.45) is 15.3. The average molecular weight is 943 g/mol. The number of ether oxygens (including phenoxy) is 4. The fourth-order valence-corrected chi connectivity index (χ4v) is 12.2. The molecule has 384 valence electrons. The van der Waals surface area contributed by atoms with Crippen LogP contribution in [-0.4, -0.2) is 102 Å². The Labute approximate surface area is 405 Å². The third-order valence-corrected chi connectivity index (χ3v) is 15.3. The van der Waals surface area contributed by atoms with Crippen molar-refractivity contribution < 1.29 is 42.9 Å². The van der Waals surface area contributed by atoms with Crippen molar-refractivity contribution in [2.24, 2.45) is 46.3 Å². The Morgan fingerprint density at radius 3 is 1.79 bits per heavy atom. The number of hydrogen-bond acceptors (Lipinski definition) is 9. The molecule has 0 saturated heterocycles. The minimum absolute atomic E-state index is 0.0904. The van der Waals surface area contributed by atoms with Crippen molar-refractivity contribution in [1.29, 1.82) is 0 Å². The van der Waals surface area contributed by atoms with E-state index in [1.807, 2.05) is 20.8 Å². The quantitative estimate of drug-likeness (QED) is 0.0424. The molecule has 13 heteroatoms. The minimum atomic E-state index is -0.844. The van der Waals surface area contributed by atoms with Gasteiger partial charge in [-0.3, -0.25) is 4.79 Å². The Morgan fingerprint density at radius 2 is 1.22 bits per heavy atom. The highest BCUT2D eigenvalue weighted by atomic mass is 16.6. The molecule has 3 fully saturated rings. The summed E-state index contributed by atoms with van der Waals surface area (Å²) in [6, 6.07) is 0. The van der Waals surface area contributed by atoms with Gasteiger partial charge in [0.15, 0.2) is 0 Å². The third-order valence-electron chi connectivity index (χ3n) is 15.3. The molecule has 0 bridgehead atoms. The molecule has 4 aliphatic rings. The third kappa shape index (κ3) is 16.9. The van der Waals surface area contributed by atoms with Crippen LogP contribution in [-0.2, 0) is 28.5 Å². The lowest BCUT2D eigenvalue weighted by molar-refractivity contribution is -0.165. The smallest absolute Gasteiger partial charge is 0.410 e. The average Bonchev–Trinajstić information content (AvgIpc) is 3.56. The zero-order valence-electron chi connectivity index (χ0n) is 44.5. The van der Waals surface area contributed by atoms with E-state index in [9.17, 15) is 24.0 Å². The van der Waals surface area contributed by atoms with Gasteiger partial charge in [0.25, 0.3) is 0 Å². The van der Waals surface area contributed by atoms with E-state index in [0.717, 1.165) is 42.9 Å². The van der Waals surface area contributed by atoms with Crippen molar-refractivity contribution in [2.75, 3.05) is 39.3 Å². The second kappa shape index (κ2) is 23.9. The largest absolute Gasteiger partial charge is 0.455 e. The van der Waals surface area contributed by atoms with E-state index in [1.54, 1.807) is 46.4 Å². The summed E-state index contributed by atoms with van der Waals surface area (Å²) >= 11 is 0. The van der Waals surface area contributed by atoms with Gasteiger partial charge in [-0.05, 0) is 179 Å². The minimum Gasteiger partial charge on any atom is -0.455 e. The first-order valence-corrected chi connectivity index (χ1v) is 26.2. The standard InChI is InChI=1S/C54H94N4O9/c1-37(2)20-17-21-38(3)42-24-25-43-41-23-22-39-36-40(26-28-53(39,13)44(41)27-29-54(42,43)14)64-46(60)45(59)57(34-18-30-55-47(61)65-50(4,5)6)32-15-16-33-58(49(63)67-52(10,11)12)35-19-31-56-48(62)66-51(7,8)9/h22,37-38,40-44H,15-21,23-36H2,1-14H3,(H,55,61)(H,56,62)/t38-,40+,41+,42?,43?,44?,53+,54-/m1/s1. The Morgan fingerprint density at radius 1 is 0.672 bits per heavy atom. The van der Waals surface area contributed by atoms with Crippen LogP contribution < -0.4 is 10.6 Å². The van der Waals surface area contributed by atoms with Gasteiger partial charge in [-0.1, -0.05) is 65.5 Å². The molecular formula is C54H94N4O9. The Kier molecular flexibility index (Phi) is 20.0. The number of rotatable bonds is 19. The van der Waals surface area contributed by atoms with Crippen LogP contribution in [0.3, 0.4) is 0 Å². The molecule has 0 aromatic carbocycles. The molecule has 13 nitrogen and oxygen atoms in total. The summed E-state index contributed by atoms with van der Waals surface area (Å²) < 4.78 is 22.5. The number of nitrogens with zero attached hydrogens (tertiary/aromatic N) is 2. The summed E-state index contributed by atoms with van der Waals surface area (Å²) in [4.78, 5) is 68.6. The van der Waals surface area contributed by atoms with Crippen LogP contribution in [0.25, 0.3) is 0 Å². The lowest BCUT2D eigenvalue weighted by atomic mass is 9.47. The number of esters is 1. The molecular weight excluding hydrogens is 849 g/mol. The normalized spacial score (nSPS) is 26.5. The number of nitrogens with one attached hydrogen (secondary N) is 2. The molecule has 3 unspecified atom stereocenters. The maximum Gasteiger partial charge on any atom is 0.410 e. The molecule has 67 heavy (non-hydrogen) atoms. The van der Waals surface area contributed by atoms with Crippen molar-refractivity contribution in [3.05, 3.63) is 11.6 Å². The molecule has 0 aliphatic heterocycles. The maximum atomic E-state index is 14.0. The highest BCUT2D eigenvalue weighted by molar-refractivity contribution is 6.32. The zero-order valence-corrected chi connectivity index (χ0v) is 44.5. The van der Waals surface area contributed by atoms with Crippen LogP contribution >= 0.6 is 0 Å². The number of unbranched alkanes of at least 4 members (excludes halogenated alkanes) is 1.